The molecule has 15 heavy (non-hydrogen) atoms. The van der Waals surface area contributed by atoms with Crippen molar-refractivity contribution in [3.05, 3.63) is 21.9 Å². The van der Waals surface area contributed by atoms with Gasteiger partial charge in [0.1, 0.15) is 6.10 Å². The van der Waals surface area contributed by atoms with Crippen LogP contribution < -0.4 is 0 Å². The Morgan fingerprint density at radius 3 is 2.40 bits per heavy atom. The van der Waals surface area contributed by atoms with Gasteiger partial charge in [0.25, 0.3) is 0 Å². The van der Waals surface area contributed by atoms with Crippen LogP contribution >= 0.6 is 23.2 Å². The first-order valence-electron chi connectivity index (χ1n) is 4.26. The third-order valence-electron chi connectivity index (χ3n) is 1.89. The van der Waals surface area contributed by atoms with E-state index < -0.39 is 11.9 Å². The minimum atomic E-state index is -0.821. The van der Waals surface area contributed by atoms with E-state index in [4.69, 9.17) is 32.7 Å². The van der Waals surface area contributed by atoms with Gasteiger partial charge in [0, 0.05) is 0 Å². The third-order valence-corrected chi connectivity index (χ3v) is 2.39. The normalized spacial score (nSPS) is 21.7. The molecule has 0 aromatic carbocycles. The molecule has 1 aliphatic rings. The van der Waals surface area contributed by atoms with E-state index in [-0.39, 0.29) is 16.1 Å². The van der Waals surface area contributed by atoms with Crippen molar-refractivity contribution in [3.63, 3.8) is 0 Å². The second kappa shape index (κ2) is 4.57. The molecule has 7 heteroatoms. The van der Waals surface area contributed by atoms with Gasteiger partial charge in [-0.2, -0.15) is 0 Å². The fourth-order valence-corrected chi connectivity index (χ4v) is 1.59. The smallest absolute Gasteiger partial charge is 0.197 e. The highest BCUT2D eigenvalue weighted by molar-refractivity contribution is 6.33. The molecule has 1 saturated heterocycles. The van der Waals surface area contributed by atoms with E-state index in [2.05, 4.69) is 9.97 Å². The summed E-state index contributed by atoms with van der Waals surface area (Å²) in [6, 6.07) is 0. The summed E-state index contributed by atoms with van der Waals surface area (Å²) >= 11 is 11.1. The standard InChI is InChI=1S/C8H7Cl2FN2O2/c9-6-5(11)7(10)13-8(12-6)4-3-14-1-2-15-4/h4H,1-3H2. The van der Waals surface area contributed by atoms with Gasteiger partial charge in [-0.3, -0.25) is 0 Å². The summed E-state index contributed by atoms with van der Waals surface area (Å²) in [7, 11) is 0. The van der Waals surface area contributed by atoms with Gasteiger partial charge < -0.3 is 9.47 Å². The lowest BCUT2D eigenvalue weighted by Crippen LogP contribution is -2.23. The zero-order valence-electron chi connectivity index (χ0n) is 7.54. The van der Waals surface area contributed by atoms with Gasteiger partial charge in [0.2, 0.25) is 0 Å². The van der Waals surface area contributed by atoms with Crippen molar-refractivity contribution in [1.82, 2.24) is 9.97 Å². The Morgan fingerprint density at radius 1 is 1.20 bits per heavy atom. The fraction of sp³-hybridized carbons (Fsp3) is 0.500. The van der Waals surface area contributed by atoms with Crippen molar-refractivity contribution in [2.45, 2.75) is 6.10 Å². The number of halogens is 3. The first-order valence-corrected chi connectivity index (χ1v) is 5.02. The molecule has 1 aromatic rings. The molecule has 0 saturated carbocycles. The number of ether oxygens (including phenoxy) is 2. The molecular formula is C8H7Cl2FN2O2. The van der Waals surface area contributed by atoms with Crippen LogP contribution in [-0.4, -0.2) is 29.8 Å². The minimum absolute atomic E-state index is 0.242. The van der Waals surface area contributed by atoms with Crippen molar-refractivity contribution in [3.8, 4) is 0 Å². The molecule has 0 N–H and O–H groups in total. The van der Waals surface area contributed by atoms with Crippen LogP contribution in [0.1, 0.15) is 11.9 Å². The van der Waals surface area contributed by atoms with Crippen LogP contribution in [0.2, 0.25) is 10.3 Å². The van der Waals surface area contributed by atoms with E-state index >= 15 is 0 Å². The number of aromatic nitrogens is 2. The van der Waals surface area contributed by atoms with Crippen molar-refractivity contribution >= 4 is 23.2 Å². The maximum atomic E-state index is 13.0. The van der Waals surface area contributed by atoms with Crippen molar-refractivity contribution < 1.29 is 13.9 Å². The summed E-state index contributed by atoms with van der Waals surface area (Å²) in [6.07, 6.45) is -0.436. The van der Waals surface area contributed by atoms with Crippen LogP contribution in [0.3, 0.4) is 0 Å². The van der Waals surface area contributed by atoms with Crippen LogP contribution in [0.25, 0.3) is 0 Å². The monoisotopic (exact) mass is 252 g/mol. The largest absolute Gasteiger partial charge is 0.376 e. The molecule has 0 amide bonds. The Labute approximate surface area is 95.3 Å². The Kier molecular flexibility index (Phi) is 3.35. The van der Waals surface area contributed by atoms with E-state index in [1.165, 1.54) is 0 Å². The van der Waals surface area contributed by atoms with Crippen molar-refractivity contribution in [2.75, 3.05) is 19.8 Å². The van der Waals surface area contributed by atoms with Crippen LogP contribution in [0.15, 0.2) is 0 Å². The van der Waals surface area contributed by atoms with Gasteiger partial charge in [0.15, 0.2) is 21.9 Å². The molecule has 1 aliphatic heterocycles. The predicted molar refractivity (Wildman–Crippen MR) is 51.5 cm³/mol. The highest BCUT2D eigenvalue weighted by Gasteiger charge is 2.22. The fourth-order valence-electron chi connectivity index (χ4n) is 1.19. The topological polar surface area (TPSA) is 44.2 Å². The van der Waals surface area contributed by atoms with Gasteiger partial charge in [-0.05, 0) is 0 Å². The van der Waals surface area contributed by atoms with Gasteiger partial charge in [-0.1, -0.05) is 23.2 Å². The molecular weight excluding hydrogens is 246 g/mol. The highest BCUT2D eigenvalue weighted by Crippen LogP contribution is 2.24. The molecule has 1 atom stereocenters. The highest BCUT2D eigenvalue weighted by atomic mass is 35.5. The van der Waals surface area contributed by atoms with Crippen molar-refractivity contribution in [2.24, 2.45) is 0 Å². The first kappa shape index (κ1) is 11.0. The molecule has 1 aromatic heterocycles. The second-order valence-corrected chi connectivity index (χ2v) is 3.63. The molecule has 2 rings (SSSR count). The number of nitrogens with zero attached hydrogens (tertiary/aromatic N) is 2. The van der Waals surface area contributed by atoms with Crippen LogP contribution in [0.5, 0.6) is 0 Å². The molecule has 0 radical (unpaired) electrons. The minimum Gasteiger partial charge on any atom is -0.376 e. The summed E-state index contributed by atoms with van der Waals surface area (Å²) in [4.78, 5) is 7.49. The van der Waals surface area contributed by atoms with E-state index in [1.54, 1.807) is 0 Å². The van der Waals surface area contributed by atoms with E-state index in [0.717, 1.165) is 0 Å². The van der Waals surface area contributed by atoms with E-state index in [9.17, 15) is 4.39 Å². The second-order valence-electron chi connectivity index (χ2n) is 2.91. The maximum absolute atomic E-state index is 13.0. The molecule has 0 aliphatic carbocycles. The summed E-state index contributed by atoms with van der Waals surface area (Å²) in [5.41, 5.74) is 0. The summed E-state index contributed by atoms with van der Waals surface area (Å²) in [5.74, 6) is -0.579. The molecule has 0 spiro atoms. The van der Waals surface area contributed by atoms with Crippen LogP contribution in [0.4, 0.5) is 4.39 Å². The molecule has 0 bridgehead atoms. The van der Waals surface area contributed by atoms with Gasteiger partial charge >= 0.3 is 0 Å². The number of hydrogen-bond acceptors (Lipinski definition) is 4. The molecule has 2 heterocycles. The number of rotatable bonds is 1. The molecule has 1 unspecified atom stereocenters. The predicted octanol–water partition coefficient (Wildman–Crippen LogP) is 2.01. The van der Waals surface area contributed by atoms with Crippen LogP contribution in [0, 0.1) is 5.82 Å². The third kappa shape index (κ3) is 2.36. The SMILES string of the molecule is Fc1c(Cl)nc(C2COCCO2)nc1Cl. The van der Waals surface area contributed by atoms with Gasteiger partial charge in [-0.15, -0.1) is 0 Å². The van der Waals surface area contributed by atoms with Gasteiger partial charge in [-0.25, -0.2) is 14.4 Å². The molecule has 4 nitrogen and oxygen atoms in total. The maximum Gasteiger partial charge on any atom is 0.197 e. The Bertz CT molecular complexity index is 349. The van der Waals surface area contributed by atoms with E-state index in [0.29, 0.717) is 19.8 Å². The number of hydrogen-bond donors (Lipinski definition) is 0. The lowest BCUT2D eigenvalue weighted by Gasteiger charge is -2.21. The van der Waals surface area contributed by atoms with Crippen LogP contribution in [-0.2, 0) is 9.47 Å². The first-order chi connectivity index (χ1) is 7.18. The summed E-state index contributed by atoms with van der Waals surface area (Å²) in [5, 5.41) is -0.613. The lowest BCUT2D eigenvalue weighted by molar-refractivity contribution is -0.0935. The molecule has 82 valence electrons. The van der Waals surface area contributed by atoms with Crippen molar-refractivity contribution in [1.29, 1.82) is 0 Å². The summed E-state index contributed by atoms with van der Waals surface area (Å²) in [6.45, 7) is 1.29. The zero-order valence-corrected chi connectivity index (χ0v) is 9.06. The van der Waals surface area contributed by atoms with Gasteiger partial charge in [0.05, 0.1) is 19.8 Å². The Morgan fingerprint density at radius 2 is 1.87 bits per heavy atom. The average molecular weight is 253 g/mol. The lowest BCUT2D eigenvalue weighted by atomic mass is 10.3. The zero-order chi connectivity index (χ0) is 10.8. The average Bonchev–Trinajstić information content (AvgIpc) is 2.26. The Balaban J connectivity index is 2.27. The summed E-state index contributed by atoms with van der Waals surface area (Å²) < 4.78 is 23.5. The molecule has 1 fully saturated rings. The van der Waals surface area contributed by atoms with E-state index in [1.807, 2.05) is 0 Å². The quantitative estimate of drug-likeness (QED) is 0.718. The Hall–Kier alpha value is -0.490.